The monoisotopic (exact) mass is 1030 g/mol. The summed E-state index contributed by atoms with van der Waals surface area (Å²) in [4.78, 5) is 43.8. The van der Waals surface area contributed by atoms with E-state index in [4.69, 9.17) is 9.47 Å². The van der Waals surface area contributed by atoms with Gasteiger partial charge in [-0.05, 0) is 103 Å². The van der Waals surface area contributed by atoms with Gasteiger partial charge in [0, 0.05) is 12.8 Å². The Kier molecular flexibility index (Phi) is 45.7. The van der Waals surface area contributed by atoms with Gasteiger partial charge in [-0.1, -0.05) is 149 Å². The number of phosphoric acid groups is 2. The molecule has 0 radical (unpaired) electrons. The summed E-state index contributed by atoms with van der Waals surface area (Å²) in [5.41, 5.74) is 0. The van der Waals surface area contributed by atoms with E-state index in [1.165, 1.54) is 19.3 Å². The minimum Gasteiger partial charge on any atom is -0.463 e. The van der Waals surface area contributed by atoms with E-state index < -0.39 is 85.5 Å². The van der Waals surface area contributed by atoms with Gasteiger partial charge in [-0.15, -0.1) is 0 Å². The van der Waals surface area contributed by atoms with Crippen molar-refractivity contribution < 1.29 is 71.4 Å². The maximum absolute atomic E-state index is 12.2. The molecule has 0 fully saturated rings. The van der Waals surface area contributed by atoms with Crippen LogP contribution in [-0.2, 0) is 46.3 Å². The van der Waals surface area contributed by atoms with Gasteiger partial charge in [0.1, 0.15) is 31.5 Å². The second-order valence-corrected chi connectivity index (χ2v) is 19.3. The molecule has 400 valence electrons. The molecule has 0 heterocycles. The Morgan fingerprint density at radius 1 is 0.386 bits per heavy atom. The van der Waals surface area contributed by atoms with Gasteiger partial charge in [-0.2, -0.15) is 0 Å². The summed E-state index contributed by atoms with van der Waals surface area (Å²) in [7, 11) is -9.61. The molecular formula is C53H88O15P2. The van der Waals surface area contributed by atoms with E-state index in [1.807, 2.05) is 0 Å². The second-order valence-electron chi connectivity index (χ2n) is 16.4. The highest BCUT2D eigenvalue weighted by molar-refractivity contribution is 7.47. The molecule has 0 amide bonds. The Morgan fingerprint density at radius 3 is 0.957 bits per heavy atom. The SMILES string of the molecule is CC/C=C\C/C=C\C/C=C\C/C=C\C/C=C\CCCCCC(=O)OCC(O)COP(=O)(O)OCC(O)COP(=O)(O)OCC(O)COC(=O)CCCCC/C=C\C/C=C\C/C=C\C/C=C\CCCCC. The third-order valence-corrected chi connectivity index (χ3v) is 11.6. The fourth-order valence-corrected chi connectivity index (χ4v) is 7.40. The molecule has 0 aliphatic heterocycles. The van der Waals surface area contributed by atoms with Gasteiger partial charge in [-0.25, -0.2) is 9.13 Å². The number of allylic oxidation sites excluding steroid dienone is 18. The van der Waals surface area contributed by atoms with Crippen LogP contribution < -0.4 is 0 Å². The Labute approximate surface area is 420 Å². The molecule has 0 aromatic heterocycles. The van der Waals surface area contributed by atoms with Crippen LogP contribution in [-0.4, -0.2) is 95.0 Å². The highest BCUT2D eigenvalue weighted by atomic mass is 31.2. The Hall–Kier alpha value is -3.30. The van der Waals surface area contributed by atoms with Gasteiger partial charge in [-0.3, -0.25) is 27.7 Å². The highest BCUT2D eigenvalue weighted by Crippen LogP contribution is 2.45. The lowest BCUT2D eigenvalue weighted by molar-refractivity contribution is -0.148. The molecule has 15 nitrogen and oxygen atoms in total. The molecule has 0 aromatic carbocycles. The number of rotatable bonds is 47. The zero-order valence-electron chi connectivity index (χ0n) is 42.1. The van der Waals surface area contributed by atoms with Crippen molar-refractivity contribution in [3.05, 3.63) is 109 Å². The van der Waals surface area contributed by atoms with Crippen molar-refractivity contribution in [3.63, 3.8) is 0 Å². The summed E-state index contributed by atoms with van der Waals surface area (Å²) >= 11 is 0. The standard InChI is InChI=1S/C53H88O15P2/c1-3-5-7-9-11-13-15-17-19-21-23-25-27-29-31-33-35-37-39-41-52(57)63-43-49(54)45-65-69(59,60)67-47-51(56)48-68-70(61,62)66-46-50(55)44-64-53(58)42-40-38-36-34-32-30-28-26-24-22-20-18-16-14-12-10-8-6-4-2/h5,7,11-14,17-20,23-26,29-32,49-51,54-56H,3-4,6,8-10,15-16,21-22,27-28,33-48H2,1-2H3,(H,59,60)(H,61,62)/b7-5-,13-11-,14-12-,19-17-,20-18-,25-23-,26-24-,31-29-,32-30-. The molecule has 5 atom stereocenters. The largest absolute Gasteiger partial charge is 0.472 e. The van der Waals surface area contributed by atoms with E-state index in [1.54, 1.807) is 0 Å². The first-order valence-corrected chi connectivity index (χ1v) is 28.2. The second kappa shape index (κ2) is 48.0. The molecule has 0 saturated heterocycles. The van der Waals surface area contributed by atoms with Crippen LogP contribution in [0.15, 0.2) is 109 Å². The Balaban J connectivity index is 3.97. The van der Waals surface area contributed by atoms with E-state index >= 15 is 0 Å². The molecule has 70 heavy (non-hydrogen) atoms. The predicted octanol–water partition coefficient (Wildman–Crippen LogP) is 12.1. The van der Waals surface area contributed by atoms with E-state index in [-0.39, 0.29) is 12.8 Å². The fourth-order valence-electron chi connectivity index (χ4n) is 5.81. The van der Waals surface area contributed by atoms with Crippen LogP contribution in [0.25, 0.3) is 0 Å². The van der Waals surface area contributed by atoms with Crippen LogP contribution in [0.3, 0.4) is 0 Å². The number of phosphoric ester groups is 2. The molecule has 5 N–H and O–H groups in total. The van der Waals surface area contributed by atoms with Crippen LogP contribution >= 0.6 is 15.6 Å². The summed E-state index contributed by atoms with van der Waals surface area (Å²) in [5, 5.41) is 30.1. The first-order valence-electron chi connectivity index (χ1n) is 25.2. The van der Waals surface area contributed by atoms with Gasteiger partial charge in [0.2, 0.25) is 0 Å². The highest BCUT2D eigenvalue weighted by Gasteiger charge is 2.28. The number of carbonyl (C=O) groups excluding carboxylic acids is 2. The summed E-state index contributed by atoms with van der Waals surface area (Å²) in [5.74, 6) is -1.06. The third kappa shape index (κ3) is 49.7. The Morgan fingerprint density at radius 2 is 0.657 bits per heavy atom. The average Bonchev–Trinajstić information content (AvgIpc) is 3.34. The summed E-state index contributed by atoms with van der Waals surface area (Å²) in [6.07, 6.45) is 53.6. The van der Waals surface area contributed by atoms with Gasteiger partial charge >= 0.3 is 27.6 Å². The van der Waals surface area contributed by atoms with Crippen molar-refractivity contribution in [3.8, 4) is 0 Å². The van der Waals surface area contributed by atoms with Gasteiger partial charge in [0.15, 0.2) is 0 Å². The summed E-state index contributed by atoms with van der Waals surface area (Å²) < 4.78 is 53.0. The van der Waals surface area contributed by atoms with Crippen LogP contribution in [0.1, 0.15) is 155 Å². The van der Waals surface area contributed by atoms with Gasteiger partial charge in [0.05, 0.1) is 26.4 Å². The minimum absolute atomic E-state index is 0.151. The molecule has 5 unspecified atom stereocenters. The fraction of sp³-hybridized carbons (Fsp3) is 0.623. The average molecular weight is 1030 g/mol. The topological polar surface area (TPSA) is 225 Å². The van der Waals surface area contributed by atoms with E-state index in [0.29, 0.717) is 12.8 Å². The van der Waals surface area contributed by atoms with Crippen molar-refractivity contribution in [2.24, 2.45) is 0 Å². The van der Waals surface area contributed by atoms with Crippen LogP contribution in [0.5, 0.6) is 0 Å². The summed E-state index contributed by atoms with van der Waals surface area (Å²) in [6, 6.07) is 0. The number of unbranched alkanes of at least 4 members (excludes halogenated alkanes) is 9. The third-order valence-electron chi connectivity index (χ3n) is 9.71. The van der Waals surface area contributed by atoms with E-state index in [9.17, 15) is 43.8 Å². The lowest BCUT2D eigenvalue weighted by atomic mass is 10.1. The molecule has 0 aromatic rings. The van der Waals surface area contributed by atoms with Gasteiger partial charge in [0.25, 0.3) is 0 Å². The first kappa shape index (κ1) is 66.7. The predicted molar refractivity (Wildman–Crippen MR) is 279 cm³/mol. The van der Waals surface area contributed by atoms with Crippen molar-refractivity contribution in [1.29, 1.82) is 0 Å². The van der Waals surface area contributed by atoms with Crippen molar-refractivity contribution in [2.45, 2.75) is 173 Å². The van der Waals surface area contributed by atoms with Crippen LogP contribution in [0, 0.1) is 0 Å². The molecule has 0 rings (SSSR count). The number of hydrogen-bond donors (Lipinski definition) is 5. The molecule has 0 aliphatic carbocycles. The smallest absolute Gasteiger partial charge is 0.463 e. The van der Waals surface area contributed by atoms with Crippen LogP contribution in [0.2, 0.25) is 0 Å². The molecule has 0 aliphatic rings. The molecule has 17 heteroatoms. The van der Waals surface area contributed by atoms with E-state index in [0.717, 1.165) is 96.3 Å². The maximum Gasteiger partial charge on any atom is 0.472 e. The summed E-state index contributed by atoms with van der Waals surface area (Å²) in [6.45, 7) is 0.174. The van der Waals surface area contributed by atoms with Crippen molar-refractivity contribution in [2.75, 3.05) is 39.6 Å². The number of hydrogen-bond acceptors (Lipinski definition) is 13. The quantitative estimate of drug-likeness (QED) is 0.0165. The van der Waals surface area contributed by atoms with Crippen molar-refractivity contribution >= 4 is 27.6 Å². The zero-order chi connectivity index (χ0) is 51.7. The molecular weight excluding hydrogens is 939 g/mol. The molecule has 0 spiro atoms. The van der Waals surface area contributed by atoms with E-state index in [2.05, 4.69) is 141 Å². The zero-order valence-corrected chi connectivity index (χ0v) is 43.9. The van der Waals surface area contributed by atoms with Gasteiger partial charge < -0.3 is 34.6 Å². The maximum atomic E-state index is 12.2. The minimum atomic E-state index is -4.81. The lowest BCUT2D eigenvalue weighted by Crippen LogP contribution is -2.25. The number of ether oxygens (including phenoxy) is 2. The van der Waals surface area contributed by atoms with Crippen LogP contribution in [0.4, 0.5) is 0 Å². The normalized spacial score (nSPS) is 15.8. The van der Waals surface area contributed by atoms with Crippen molar-refractivity contribution in [1.82, 2.24) is 0 Å². The lowest BCUT2D eigenvalue weighted by Gasteiger charge is -2.19. The molecule has 0 saturated carbocycles. The molecule has 0 bridgehead atoms. The Bertz CT molecular complexity index is 1670. The first-order chi connectivity index (χ1) is 33.8. The number of aliphatic hydroxyl groups is 3. The number of aliphatic hydroxyl groups excluding tert-OH is 3. The number of esters is 2. The number of carbonyl (C=O) groups is 2.